The van der Waals surface area contributed by atoms with Crippen molar-refractivity contribution in [2.45, 2.75) is 18.9 Å². The Balaban J connectivity index is 2.05. The van der Waals surface area contributed by atoms with E-state index in [1.54, 1.807) is 6.07 Å². The Labute approximate surface area is 93.4 Å². The van der Waals surface area contributed by atoms with Gasteiger partial charge in [-0.2, -0.15) is 11.8 Å². The van der Waals surface area contributed by atoms with Crippen LogP contribution in [-0.2, 0) is 0 Å². The fourth-order valence-electron chi connectivity index (χ4n) is 1.73. The number of halogens is 1. The Morgan fingerprint density at radius 3 is 3.07 bits per heavy atom. The van der Waals surface area contributed by atoms with E-state index in [1.807, 2.05) is 11.8 Å². The van der Waals surface area contributed by atoms with Crippen molar-refractivity contribution < 1.29 is 4.39 Å². The molecule has 82 valence electrons. The van der Waals surface area contributed by atoms with Crippen molar-refractivity contribution >= 4 is 23.1 Å². The molecule has 0 aliphatic carbocycles. The van der Waals surface area contributed by atoms with E-state index in [9.17, 15) is 4.39 Å². The number of thioether (sulfide) groups is 1. The van der Waals surface area contributed by atoms with Crippen LogP contribution in [0.25, 0.3) is 0 Å². The minimum absolute atomic E-state index is 0.241. The zero-order chi connectivity index (χ0) is 10.7. The number of nitrogens with two attached hydrogens (primary N) is 1. The molecule has 1 aromatic rings. The normalized spacial score (nSPS) is 21.3. The first-order chi connectivity index (χ1) is 7.25. The lowest BCUT2D eigenvalue weighted by Gasteiger charge is -2.24. The van der Waals surface area contributed by atoms with Crippen LogP contribution in [-0.4, -0.2) is 17.5 Å². The summed E-state index contributed by atoms with van der Waals surface area (Å²) in [6, 6.07) is 4.88. The van der Waals surface area contributed by atoms with Gasteiger partial charge in [-0.05, 0) is 36.8 Å². The van der Waals surface area contributed by atoms with Gasteiger partial charge in [-0.25, -0.2) is 4.39 Å². The van der Waals surface area contributed by atoms with Gasteiger partial charge >= 0.3 is 0 Å². The molecule has 0 radical (unpaired) electrons. The first-order valence-corrected chi connectivity index (χ1v) is 6.30. The zero-order valence-corrected chi connectivity index (χ0v) is 9.32. The average Bonchev–Trinajstić information content (AvgIpc) is 2.25. The van der Waals surface area contributed by atoms with Crippen LogP contribution < -0.4 is 11.1 Å². The number of nitrogens with one attached hydrogen (secondary N) is 1. The molecule has 1 unspecified atom stereocenters. The van der Waals surface area contributed by atoms with E-state index < -0.39 is 0 Å². The predicted octanol–water partition coefficient (Wildman–Crippen LogP) is 2.72. The van der Waals surface area contributed by atoms with Crippen LogP contribution >= 0.6 is 11.8 Å². The molecular weight excluding hydrogens is 211 g/mol. The van der Waals surface area contributed by atoms with E-state index in [4.69, 9.17) is 5.73 Å². The molecule has 2 rings (SSSR count). The molecule has 1 atom stereocenters. The summed E-state index contributed by atoms with van der Waals surface area (Å²) in [5.41, 5.74) is 7.11. The van der Waals surface area contributed by atoms with Gasteiger partial charge in [-0.3, -0.25) is 0 Å². The van der Waals surface area contributed by atoms with Crippen molar-refractivity contribution in [3.63, 3.8) is 0 Å². The number of hydrogen-bond acceptors (Lipinski definition) is 3. The Morgan fingerprint density at radius 2 is 2.33 bits per heavy atom. The highest BCUT2D eigenvalue weighted by Gasteiger charge is 2.14. The van der Waals surface area contributed by atoms with E-state index in [1.165, 1.54) is 24.3 Å². The van der Waals surface area contributed by atoms with Gasteiger partial charge in [0.2, 0.25) is 0 Å². The molecule has 0 spiro atoms. The number of anilines is 2. The van der Waals surface area contributed by atoms with Gasteiger partial charge in [0.05, 0.1) is 11.4 Å². The van der Waals surface area contributed by atoms with Gasteiger partial charge in [0, 0.05) is 11.8 Å². The fourth-order valence-corrected chi connectivity index (χ4v) is 2.80. The summed E-state index contributed by atoms with van der Waals surface area (Å²) >= 11 is 1.94. The maximum Gasteiger partial charge on any atom is 0.125 e. The summed E-state index contributed by atoms with van der Waals surface area (Å²) in [5, 5.41) is 3.30. The second kappa shape index (κ2) is 4.75. The quantitative estimate of drug-likeness (QED) is 0.761. The molecule has 1 fully saturated rings. The Kier molecular flexibility index (Phi) is 3.36. The van der Waals surface area contributed by atoms with Crippen LogP contribution in [0.5, 0.6) is 0 Å². The highest BCUT2D eigenvalue weighted by atomic mass is 32.2. The molecule has 4 heteroatoms. The minimum Gasteiger partial charge on any atom is -0.397 e. The SMILES string of the molecule is Nc1ccc(F)cc1NC1CCCSC1. The molecule has 3 N–H and O–H groups in total. The molecule has 1 heterocycles. The van der Waals surface area contributed by atoms with Crippen molar-refractivity contribution in [3.8, 4) is 0 Å². The minimum atomic E-state index is -0.241. The maximum absolute atomic E-state index is 13.0. The molecular formula is C11H15FN2S. The monoisotopic (exact) mass is 226 g/mol. The summed E-state index contributed by atoms with van der Waals surface area (Å²) in [5.74, 6) is 2.07. The zero-order valence-electron chi connectivity index (χ0n) is 8.50. The number of hydrogen-bond donors (Lipinski definition) is 2. The van der Waals surface area contributed by atoms with Crippen LogP contribution in [0.3, 0.4) is 0 Å². The van der Waals surface area contributed by atoms with Crippen LogP contribution in [0, 0.1) is 5.82 Å². The summed E-state index contributed by atoms with van der Waals surface area (Å²) in [6.07, 6.45) is 2.36. The molecule has 1 aliphatic rings. The predicted molar refractivity (Wildman–Crippen MR) is 64.8 cm³/mol. The number of benzene rings is 1. The largest absolute Gasteiger partial charge is 0.397 e. The highest BCUT2D eigenvalue weighted by Crippen LogP contribution is 2.24. The van der Waals surface area contributed by atoms with Gasteiger partial charge in [-0.15, -0.1) is 0 Å². The highest BCUT2D eigenvalue weighted by molar-refractivity contribution is 7.99. The lowest BCUT2D eigenvalue weighted by Crippen LogP contribution is -2.26. The molecule has 0 aromatic heterocycles. The number of rotatable bonds is 2. The van der Waals surface area contributed by atoms with E-state index in [-0.39, 0.29) is 5.82 Å². The Hall–Kier alpha value is -0.900. The molecule has 0 saturated carbocycles. The van der Waals surface area contributed by atoms with Crippen molar-refractivity contribution in [3.05, 3.63) is 24.0 Å². The van der Waals surface area contributed by atoms with Crippen molar-refractivity contribution in [2.24, 2.45) is 0 Å². The van der Waals surface area contributed by atoms with Crippen LogP contribution in [0.15, 0.2) is 18.2 Å². The van der Waals surface area contributed by atoms with E-state index in [0.29, 0.717) is 11.7 Å². The fraction of sp³-hybridized carbons (Fsp3) is 0.455. The summed E-state index contributed by atoms with van der Waals surface area (Å²) in [6.45, 7) is 0. The average molecular weight is 226 g/mol. The molecule has 1 aliphatic heterocycles. The third-order valence-corrected chi connectivity index (χ3v) is 3.75. The van der Waals surface area contributed by atoms with E-state index in [2.05, 4.69) is 5.32 Å². The molecule has 15 heavy (non-hydrogen) atoms. The topological polar surface area (TPSA) is 38.0 Å². The van der Waals surface area contributed by atoms with E-state index >= 15 is 0 Å². The van der Waals surface area contributed by atoms with Gasteiger partial charge < -0.3 is 11.1 Å². The molecule has 1 saturated heterocycles. The third-order valence-electron chi connectivity index (χ3n) is 2.54. The van der Waals surface area contributed by atoms with Crippen LogP contribution in [0.2, 0.25) is 0 Å². The Bertz CT molecular complexity index is 337. The standard InChI is InChI=1S/C11H15FN2S/c12-8-3-4-10(13)11(6-8)14-9-2-1-5-15-7-9/h3-4,6,9,14H,1-2,5,7,13H2. The second-order valence-corrected chi connectivity index (χ2v) is 4.94. The smallest absolute Gasteiger partial charge is 0.125 e. The van der Waals surface area contributed by atoms with Crippen LogP contribution in [0.1, 0.15) is 12.8 Å². The summed E-state index contributed by atoms with van der Waals surface area (Å²) in [4.78, 5) is 0. The Morgan fingerprint density at radius 1 is 1.47 bits per heavy atom. The summed E-state index contributed by atoms with van der Waals surface area (Å²) in [7, 11) is 0. The van der Waals surface area contributed by atoms with Gasteiger partial charge in [0.1, 0.15) is 5.82 Å². The van der Waals surface area contributed by atoms with Gasteiger partial charge in [-0.1, -0.05) is 0 Å². The molecule has 0 amide bonds. The van der Waals surface area contributed by atoms with Crippen molar-refractivity contribution in [1.29, 1.82) is 0 Å². The maximum atomic E-state index is 13.0. The summed E-state index contributed by atoms with van der Waals surface area (Å²) < 4.78 is 13.0. The first-order valence-electron chi connectivity index (χ1n) is 5.15. The van der Waals surface area contributed by atoms with E-state index in [0.717, 1.165) is 17.9 Å². The van der Waals surface area contributed by atoms with Crippen LogP contribution in [0.4, 0.5) is 15.8 Å². The van der Waals surface area contributed by atoms with Gasteiger partial charge in [0.15, 0.2) is 0 Å². The molecule has 1 aromatic carbocycles. The molecule has 0 bridgehead atoms. The second-order valence-electron chi connectivity index (χ2n) is 3.79. The first kappa shape index (κ1) is 10.6. The van der Waals surface area contributed by atoms with Crippen molar-refractivity contribution in [2.75, 3.05) is 22.6 Å². The molecule has 2 nitrogen and oxygen atoms in total. The van der Waals surface area contributed by atoms with Crippen molar-refractivity contribution in [1.82, 2.24) is 0 Å². The third kappa shape index (κ3) is 2.78. The lowest BCUT2D eigenvalue weighted by molar-refractivity contribution is 0.627. The number of nitrogen functional groups attached to an aromatic ring is 1. The van der Waals surface area contributed by atoms with Gasteiger partial charge in [0.25, 0.3) is 0 Å². The lowest BCUT2D eigenvalue weighted by atomic mass is 10.1.